The molecule has 0 heterocycles. The van der Waals surface area contributed by atoms with Crippen molar-refractivity contribution in [3.63, 3.8) is 0 Å². The number of nitrogens with one attached hydrogen (secondary N) is 1. The normalized spacial score (nSPS) is 12.5. The van der Waals surface area contributed by atoms with Crippen LogP contribution >= 0.6 is 0 Å². The molecule has 0 aliphatic heterocycles. The van der Waals surface area contributed by atoms with E-state index < -0.39 is 41.1 Å². The number of carbonyl (C=O) groups excluding carboxylic acids is 3. The molecule has 0 aromatic heterocycles. The average Bonchev–Trinajstić information content (AvgIpc) is 2.70. The zero-order valence-electron chi connectivity index (χ0n) is 19.7. The Hall–Kier alpha value is -3.42. The molecule has 0 aliphatic carbocycles. The van der Waals surface area contributed by atoms with Crippen LogP contribution in [0.3, 0.4) is 0 Å². The zero-order chi connectivity index (χ0) is 24.8. The number of rotatable bonds is 7. The molecular weight excluding hydrogens is 429 g/mol. The van der Waals surface area contributed by atoms with Gasteiger partial charge in [-0.3, -0.25) is 0 Å². The highest BCUT2D eigenvalue weighted by atomic mass is 19.1. The lowest BCUT2D eigenvalue weighted by Crippen LogP contribution is -2.44. The fourth-order valence-electron chi connectivity index (χ4n) is 2.80. The van der Waals surface area contributed by atoms with Crippen LogP contribution in [0.4, 0.5) is 9.18 Å². The van der Waals surface area contributed by atoms with Crippen LogP contribution in [0.15, 0.2) is 48.5 Å². The van der Waals surface area contributed by atoms with Gasteiger partial charge >= 0.3 is 18.0 Å². The minimum Gasteiger partial charge on any atom is -0.457 e. The second kappa shape index (κ2) is 10.5. The lowest BCUT2D eigenvalue weighted by atomic mass is 9.96. The van der Waals surface area contributed by atoms with E-state index in [1.54, 1.807) is 46.8 Å². The number of esters is 2. The van der Waals surface area contributed by atoms with Crippen LogP contribution in [-0.2, 0) is 31.2 Å². The van der Waals surface area contributed by atoms with Crippen molar-refractivity contribution in [1.82, 2.24) is 5.32 Å². The van der Waals surface area contributed by atoms with Gasteiger partial charge in [0.1, 0.15) is 29.7 Å². The van der Waals surface area contributed by atoms with Crippen molar-refractivity contribution in [1.29, 1.82) is 0 Å². The van der Waals surface area contributed by atoms with Crippen LogP contribution in [0.1, 0.15) is 63.0 Å². The predicted octanol–water partition coefficient (Wildman–Crippen LogP) is 4.87. The average molecular weight is 460 g/mol. The van der Waals surface area contributed by atoms with Crippen LogP contribution in [0.2, 0.25) is 0 Å². The van der Waals surface area contributed by atoms with E-state index in [1.807, 2.05) is 18.2 Å². The first-order valence-corrected chi connectivity index (χ1v) is 10.5. The SMILES string of the molecule is C[C@H](NC(=O)OC(C)(C)C)C(=O)OC(C)(C)c1ccc(C(=O)OCc2ccccc2)c(F)c1. The molecule has 7 nitrogen and oxygen atoms in total. The Morgan fingerprint density at radius 1 is 0.970 bits per heavy atom. The van der Waals surface area contributed by atoms with Gasteiger partial charge in [-0.2, -0.15) is 0 Å². The first-order valence-electron chi connectivity index (χ1n) is 10.5. The molecule has 2 aromatic carbocycles. The van der Waals surface area contributed by atoms with Gasteiger partial charge in [-0.15, -0.1) is 0 Å². The first-order chi connectivity index (χ1) is 15.3. The maximum atomic E-state index is 14.7. The molecule has 0 bridgehead atoms. The third-order valence-electron chi connectivity index (χ3n) is 4.54. The highest BCUT2D eigenvalue weighted by Crippen LogP contribution is 2.27. The van der Waals surface area contributed by atoms with Crippen molar-refractivity contribution >= 4 is 18.0 Å². The van der Waals surface area contributed by atoms with Gasteiger partial charge in [0.15, 0.2) is 0 Å². The Bertz CT molecular complexity index is 998. The van der Waals surface area contributed by atoms with E-state index >= 15 is 0 Å². The molecule has 0 saturated carbocycles. The summed E-state index contributed by atoms with van der Waals surface area (Å²) in [5.74, 6) is -2.32. The van der Waals surface area contributed by atoms with E-state index in [-0.39, 0.29) is 12.2 Å². The molecular formula is C25H30FNO6. The summed E-state index contributed by atoms with van der Waals surface area (Å²) in [6, 6.07) is 12.0. The molecule has 2 aromatic rings. The van der Waals surface area contributed by atoms with Crippen LogP contribution in [0.5, 0.6) is 0 Å². The number of alkyl carbamates (subject to hydrolysis) is 1. The highest BCUT2D eigenvalue weighted by Gasteiger charge is 2.30. The van der Waals surface area contributed by atoms with E-state index in [0.717, 1.165) is 11.6 Å². The lowest BCUT2D eigenvalue weighted by molar-refractivity contribution is -0.159. The van der Waals surface area contributed by atoms with E-state index in [0.29, 0.717) is 5.56 Å². The smallest absolute Gasteiger partial charge is 0.408 e. The molecule has 8 heteroatoms. The van der Waals surface area contributed by atoms with Crippen molar-refractivity contribution in [2.24, 2.45) is 0 Å². The van der Waals surface area contributed by atoms with Gasteiger partial charge in [-0.05, 0) is 64.8 Å². The Balaban J connectivity index is 2.02. The van der Waals surface area contributed by atoms with Crippen LogP contribution < -0.4 is 5.32 Å². The zero-order valence-corrected chi connectivity index (χ0v) is 19.7. The van der Waals surface area contributed by atoms with Gasteiger partial charge < -0.3 is 19.5 Å². The molecule has 178 valence electrons. The molecule has 0 saturated heterocycles. The Labute approximate surface area is 193 Å². The number of benzene rings is 2. The second-order valence-corrected chi connectivity index (χ2v) is 9.06. The molecule has 0 fully saturated rings. The minimum atomic E-state index is -1.23. The van der Waals surface area contributed by atoms with Gasteiger partial charge in [0.25, 0.3) is 0 Å². The Kier molecular flexibility index (Phi) is 8.19. The number of halogens is 1. The predicted molar refractivity (Wildman–Crippen MR) is 120 cm³/mol. The van der Waals surface area contributed by atoms with Gasteiger partial charge in [0.05, 0.1) is 5.56 Å². The lowest BCUT2D eigenvalue weighted by Gasteiger charge is -2.28. The van der Waals surface area contributed by atoms with Crippen molar-refractivity contribution < 1.29 is 33.0 Å². The molecule has 2 rings (SSSR count). The molecule has 0 radical (unpaired) electrons. The third-order valence-corrected chi connectivity index (χ3v) is 4.54. The Morgan fingerprint density at radius 3 is 2.18 bits per heavy atom. The summed E-state index contributed by atoms with van der Waals surface area (Å²) in [4.78, 5) is 36.6. The number of ether oxygens (including phenoxy) is 3. The van der Waals surface area contributed by atoms with Crippen LogP contribution in [-0.4, -0.2) is 29.7 Å². The minimum absolute atomic E-state index is 0.0203. The summed E-state index contributed by atoms with van der Waals surface area (Å²) in [7, 11) is 0. The van der Waals surface area contributed by atoms with Crippen molar-refractivity contribution in [3.05, 3.63) is 71.0 Å². The van der Waals surface area contributed by atoms with Crippen LogP contribution in [0.25, 0.3) is 0 Å². The number of hydrogen-bond donors (Lipinski definition) is 1. The summed E-state index contributed by atoms with van der Waals surface area (Å²) in [6.07, 6.45) is -0.755. The molecule has 1 atom stereocenters. The monoisotopic (exact) mass is 459 g/mol. The maximum Gasteiger partial charge on any atom is 0.408 e. The van der Waals surface area contributed by atoms with E-state index in [1.165, 1.54) is 19.1 Å². The van der Waals surface area contributed by atoms with Gasteiger partial charge in [-0.25, -0.2) is 18.8 Å². The fraction of sp³-hybridized carbons (Fsp3) is 0.400. The van der Waals surface area contributed by atoms with Gasteiger partial charge in [0, 0.05) is 0 Å². The standard InChI is InChI=1S/C25H30FNO6/c1-16(27-23(30)33-24(2,3)4)21(28)32-25(5,6)18-12-13-19(20(26)14-18)22(29)31-15-17-10-8-7-9-11-17/h7-14,16H,15H2,1-6H3,(H,27,30)/t16-/m0/s1. The van der Waals surface area contributed by atoms with Crippen molar-refractivity contribution in [3.8, 4) is 0 Å². The number of hydrogen-bond acceptors (Lipinski definition) is 6. The number of carbonyl (C=O) groups is 3. The van der Waals surface area contributed by atoms with Gasteiger partial charge in [0.2, 0.25) is 0 Å². The summed E-state index contributed by atoms with van der Waals surface area (Å²) >= 11 is 0. The molecule has 33 heavy (non-hydrogen) atoms. The van der Waals surface area contributed by atoms with E-state index in [4.69, 9.17) is 14.2 Å². The van der Waals surface area contributed by atoms with Crippen LogP contribution in [0, 0.1) is 5.82 Å². The summed E-state index contributed by atoms with van der Waals surface area (Å²) < 4.78 is 30.4. The second-order valence-electron chi connectivity index (χ2n) is 9.06. The van der Waals surface area contributed by atoms with Crippen molar-refractivity contribution in [2.45, 2.75) is 65.4 Å². The largest absolute Gasteiger partial charge is 0.457 e. The van der Waals surface area contributed by atoms with E-state index in [2.05, 4.69) is 5.32 Å². The summed E-state index contributed by atoms with van der Waals surface area (Å²) in [5.41, 5.74) is -1.05. The molecule has 0 aliphatic rings. The molecule has 1 amide bonds. The molecule has 1 N–H and O–H groups in total. The fourth-order valence-corrected chi connectivity index (χ4v) is 2.80. The Morgan fingerprint density at radius 2 is 1.61 bits per heavy atom. The third kappa shape index (κ3) is 7.89. The summed E-state index contributed by atoms with van der Waals surface area (Å²) in [5, 5.41) is 2.40. The quantitative estimate of drug-likeness (QED) is 0.469. The highest BCUT2D eigenvalue weighted by molar-refractivity contribution is 5.89. The maximum absolute atomic E-state index is 14.7. The molecule has 0 spiro atoms. The van der Waals surface area contributed by atoms with Gasteiger partial charge in [-0.1, -0.05) is 36.4 Å². The molecule has 0 unspecified atom stereocenters. The number of amides is 1. The van der Waals surface area contributed by atoms with E-state index in [9.17, 15) is 18.8 Å². The first kappa shape index (κ1) is 25.8. The topological polar surface area (TPSA) is 90.9 Å². The van der Waals surface area contributed by atoms with Crippen molar-refractivity contribution in [2.75, 3.05) is 0 Å². The summed E-state index contributed by atoms with van der Waals surface area (Å²) in [6.45, 7) is 9.73.